The number of hydrogen-bond donors (Lipinski definition) is 3. The van der Waals surface area contributed by atoms with E-state index in [-0.39, 0.29) is 0 Å². The molecule has 4 nitrogen and oxygen atoms in total. The Labute approximate surface area is 71.7 Å². The molecule has 1 aromatic rings. The Morgan fingerprint density at radius 3 is 3.25 bits per heavy atom. The van der Waals surface area contributed by atoms with Crippen molar-refractivity contribution in [3.63, 3.8) is 0 Å². The summed E-state index contributed by atoms with van der Waals surface area (Å²) in [5.41, 5.74) is 1.09. The molecule has 1 fully saturated rings. The number of aromatic amines is 1. The lowest BCUT2D eigenvalue weighted by Crippen LogP contribution is -2.38. The van der Waals surface area contributed by atoms with Crippen molar-refractivity contribution in [2.45, 2.75) is 18.9 Å². The van der Waals surface area contributed by atoms with Gasteiger partial charge in [-0.15, -0.1) is 0 Å². The third kappa shape index (κ3) is 1.76. The number of anilines is 1. The molecule has 66 valence electrons. The first kappa shape index (κ1) is 7.61. The van der Waals surface area contributed by atoms with E-state index in [9.17, 15) is 0 Å². The van der Waals surface area contributed by atoms with Crippen LogP contribution in [0.25, 0.3) is 0 Å². The molecule has 0 bridgehead atoms. The van der Waals surface area contributed by atoms with E-state index in [4.69, 9.17) is 0 Å². The number of nitrogens with zero attached hydrogens (tertiary/aromatic N) is 1. The summed E-state index contributed by atoms with van der Waals surface area (Å²) in [5, 5.41) is 13.4. The first-order chi connectivity index (χ1) is 5.95. The quantitative estimate of drug-likeness (QED) is 0.602. The second-order valence-corrected chi connectivity index (χ2v) is 3.17. The molecule has 1 aromatic heterocycles. The number of aromatic nitrogens is 2. The average molecular weight is 166 g/mol. The second kappa shape index (κ2) is 3.58. The summed E-state index contributed by atoms with van der Waals surface area (Å²) in [6, 6.07) is 0.566. The normalized spacial score (nSPS) is 23.8. The first-order valence-electron chi connectivity index (χ1n) is 4.41. The Morgan fingerprint density at radius 2 is 2.58 bits per heavy atom. The van der Waals surface area contributed by atoms with E-state index in [0.29, 0.717) is 6.04 Å². The maximum absolute atomic E-state index is 3.88. The van der Waals surface area contributed by atoms with Gasteiger partial charge in [0.1, 0.15) is 0 Å². The molecule has 1 aliphatic heterocycles. The number of nitrogens with one attached hydrogen (secondary N) is 3. The third-order valence-electron chi connectivity index (χ3n) is 2.17. The molecule has 1 atom stereocenters. The Morgan fingerprint density at radius 1 is 1.58 bits per heavy atom. The Kier molecular flexibility index (Phi) is 2.27. The van der Waals surface area contributed by atoms with Crippen molar-refractivity contribution in [1.82, 2.24) is 15.5 Å². The van der Waals surface area contributed by atoms with Crippen LogP contribution in [-0.2, 0) is 0 Å². The summed E-state index contributed by atoms with van der Waals surface area (Å²) in [6.45, 7) is 2.22. The zero-order chi connectivity index (χ0) is 8.23. The van der Waals surface area contributed by atoms with Gasteiger partial charge in [0.25, 0.3) is 0 Å². The van der Waals surface area contributed by atoms with Crippen molar-refractivity contribution in [2.75, 3.05) is 18.4 Å². The molecule has 1 aliphatic rings. The van der Waals surface area contributed by atoms with E-state index in [2.05, 4.69) is 20.8 Å². The zero-order valence-corrected chi connectivity index (χ0v) is 7.01. The van der Waals surface area contributed by atoms with Gasteiger partial charge in [0.15, 0.2) is 0 Å². The van der Waals surface area contributed by atoms with Crippen LogP contribution in [0.2, 0.25) is 0 Å². The minimum absolute atomic E-state index is 0.566. The van der Waals surface area contributed by atoms with Crippen LogP contribution in [0.15, 0.2) is 12.4 Å². The molecular formula is C8H14N4. The van der Waals surface area contributed by atoms with Gasteiger partial charge >= 0.3 is 0 Å². The zero-order valence-electron chi connectivity index (χ0n) is 7.01. The van der Waals surface area contributed by atoms with Crippen molar-refractivity contribution < 1.29 is 0 Å². The van der Waals surface area contributed by atoms with E-state index < -0.39 is 0 Å². The molecule has 0 saturated carbocycles. The maximum Gasteiger partial charge on any atom is 0.0726 e. The van der Waals surface area contributed by atoms with Crippen LogP contribution in [0.3, 0.4) is 0 Å². The van der Waals surface area contributed by atoms with Crippen LogP contribution < -0.4 is 10.6 Å². The van der Waals surface area contributed by atoms with E-state index >= 15 is 0 Å². The summed E-state index contributed by atoms with van der Waals surface area (Å²) in [6.07, 6.45) is 6.21. The van der Waals surface area contributed by atoms with Crippen molar-refractivity contribution in [2.24, 2.45) is 0 Å². The number of piperidine rings is 1. The molecule has 0 aromatic carbocycles. The summed E-state index contributed by atoms with van der Waals surface area (Å²) in [4.78, 5) is 0. The van der Waals surface area contributed by atoms with Gasteiger partial charge in [0, 0.05) is 18.8 Å². The predicted octanol–water partition coefficient (Wildman–Crippen LogP) is 0.574. The Hall–Kier alpha value is -1.03. The van der Waals surface area contributed by atoms with Crippen LogP contribution >= 0.6 is 0 Å². The van der Waals surface area contributed by atoms with Gasteiger partial charge in [0.05, 0.1) is 11.9 Å². The second-order valence-electron chi connectivity index (χ2n) is 3.17. The van der Waals surface area contributed by atoms with Crippen LogP contribution in [0.4, 0.5) is 5.69 Å². The van der Waals surface area contributed by atoms with Gasteiger partial charge in [-0.3, -0.25) is 5.10 Å². The van der Waals surface area contributed by atoms with Gasteiger partial charge in [-0.05, 0) is 19.4 Å². The summed E-state index contributed by atoms with van der Waals surface area (Å²) in [5.74, 6) is 0. The van der Waals surface area contributed by atoms with Gasteiger partial charge in [0.2, 0.25) is 0 Å². The lowest BCUT2D eigenvalue weighted by atomic mass is 10.1. The third-order valence-corrected chi connectivity index (χ3v) is 2.17. The Balaban J connectivity index is 1.86. The highest BCUT2D eigenvalue weighted by Crippen LogP contribution is 2.09. The molecule has 3 N–H and O–H groups in total. The molecule has 0 radical (unpaired) electrons. The monoisotopic (exact) mass is 166 g/mol. The van der Waals surface area contributed by atoms with Crippen LogP contribution in [-0.4, -0.2) is 29.3 Å². The summed E-state index contributed by atoms with van der Waals surface area (Å²) in [7, 11) is 0. The lowest BCUT2D eigenvalue weighted by molar-refractivity contribution is 0.480. The highest BCUT2D eigenvalue weighted by atomic mass is 15.1. The van der Waals surface area contributed by atoms with E-state index in [0.717, 1.165) is 18.8 Å². The smallest absolute Gasteiger partial charge is 0.0726 e. The minimum atomic E-state index is 0.566. The molecule has 0 amide bonds. The fourth-order valence-corrected chi connectivity index (χ4v) is 1.54. The van der Waals surface area contributed by atoms with Gasteiger partial charge in [-0.1, -0.05) is 0 Å². The van der Waals surface area contributed by atoms with E-state index in [1.807, 2.05) is 12.4 Å². The van der Waals surface area contributed by atoms with Gasteiger partial charge in [-0.2, -0.15) is 5.10 Å². The molecular weight excluding hydrogens is 152 g/mol. The van der Waals surface area contributed by atoms with E-state index in [1.54, 1.807) is 0 Å². The van der Waals surface area contributed by atoms with Crippen LogP contribution in [0.1, 0.15) is 12.8 Å². The van der Waals surface area contributed by atoms with Gasteiger partial charge < -0.3 is 10.6 Å². The largest absolute Gasteiger partial charge is 0.379 e. The van der Waals surface area contributed by atoms with Gasteiger partial charge in [-0.25, -0.2) is 0 Å². The SMILES string of the molecule is c1n[nH]cc1NC1CCCNC1. The standard InChI is InChI=1S/C8H14N4/c1-2-7(4-9-3-1)12-8-5-10-11-6-8/h5-7,9,12H,1-4H2,(H,10,11). The van der Waals surface area contributed by atoms with Crippen molar-refractivity contribution in [1.29, 1.82) is 0 Å². The average Bonchev–Trinajstić information content (AvgIpc) is 2.59. The molecule has 0 spiro atoms. The molecule has 1 unspecified atom stereocenters. The lowest BCUT2D eigenvalue weighted by Gasteiger charge is -2.23. The topological polar surface area (TPSA) is 52.7 Å². The maximum atomic E-state index is 3.88. The summed E-state index contributed by atoms with van der Waals surface area (Å²) < 4.78 is 0. The fraction of sp³-hybridized carbons (Fsp3) is 0.625. The number of H-pyrrole nitrogens is 1. The highest BCUT2D eigenvalue weighted by Gasteiger charge is 2.11. The van der Waals surface area contributed by atoms with Crippen molar-refractivity contribution in [3.8, 4) is 0 Å². The molecule has 1 saturated heterocycles. The highest BCUT2D eigenvalue weighted by molar-refractivity contribution is 5.38. The van der Waals surface area contributed by atoms with Crippen LogP contribution in [0.5, 0.6) is 0 Å². The molecule has 4 heteroatoms. The summed E-state index contributed by atoms with van der Waals surface area (Å²) >= 11 is 0. The molecule has 2 heterocycles. The Bertz CT molecular complexity index is 213. The predicted molar refractivity (Wildman–Crippen MR) is 48.1 cm³/mol. The fourth-order valence-electron chi connectivity index (χ4n) is 1.54. The minimum Gasteiger partial charge on any atom is -0.379 e. The van der Waals surface area contributed by atoms with E-state index in [1.165, 1.54) is 12.8 Å². The molecule has 12 heavy (non-hydrogen) atoms. The number of hydrogen-bond acceptors (Lipinski definition) is 3. The van der Waals surface area contributed by atoms with Crippen LogP contribution in [0, 0.1) is 0 Å². The first-order valence-corrected chi connectivity index (χ1v) is 4.41. The molecule has 2 rings (SSSR count). The van der Waals surface area contributed by atoms with Crippen molar-refractivity contribution >= 4 is 5.69 Å². The van der Waals surface area contributed by atoms with Crippen molar-refractivity contribution in [3.05, 3.63) is 12.4 Å². The molecule has 0 aliphatic carbocycles. The number of rotatable bonds is 2.